The molecule has 0 saturated heterocycles. The van der Waals surface area contributed by atoms with Crippen LogP contribution in [0.3, 0.4) is 0 Å². The molecule has 2 rings (SSSR count). The molecule has 0 aromatic heterocycles. The van der Waals surface area contributed by atoms with Crippen molar-refractivity contribution in [3.63, 3.8) is 0 Å². The Kier molecular flexibility index (Phi) is 14.1. The first-order valence-corrected chi connectivity index (χ1v) is 16.7. The van der Waals surface area contributed by atoms with Crippen molar-refractivity contribution in [2.24, 2.45) is 0 Å². The van der Waals surface area contributed by atoms with Gasteiger partial charge in [-0.3, -0.25) is 29.8 Å². The average Bonchev–Trinajstić information content (AvgIpc) is 2.93. The molecule has 0 heterocycles. The van der Waals surface area contributed by atoms with Gasteiger partial charge < -0.3 is 20.8 Å². The van der Waals surface area contributed by atoms with Gasteiger partial charge in [0.05, 0.1) is 22.9 Å². The number of carbonyl (C=O) groups is 4. The van der Waals surface area contributed by atoms with Gasteiger partial charge in [0.2, 0.25) is 21.7 Å². The van der Waals surface area contributed by atoms with E-state index in [1.807, 2.05) is 12.5 Å². The van der Waals surface area contributed by atoms with Crippen LogP contribution in [0, 0.1) is 0 Å². The summed E-state index contributed by atoms with van der Waals surface area (Å²) in [5.41, 5.74) is 0.689. The molecule has 0 aliphatic carbocycles. The third kappa shape index (κ3) is 11.4. The number of carbonyl (C=O) groups excluding carboxylic acids is 2. The van der Waals surface area contributed by atoms with Crippen LogP contribution in [0.1, 0.15) is 12.8 Å². The fourth-order valence-electron chi connectivity index (χ4n) is 3.51. The molecule has 2 aromatic carbocycles. The molecule has 224 valence electrons. The SMILES string of the molecule is CSCC[C@H](NCC(=O)Nc1ccc(S(=O)(=O)c2ccc(NC(=O)CN[C@H](CCSC)C(=O)O)cc2)cc1)C(=O)O. The lowest BCUT2D eigenvalue weighted by molar-refractivity contribution is -0.140. The molecule has 0 unspecified atom stereocenters. The first kappa shape index (κ1) is 34.1. The Morgan fingerprint density at radius 2 is 1.02 bits per heavy atom. The van der Waals surface area contributed by atoms with E-state index in [0.29, 0.717) is 35.7 Å². The number of sulfone groups is 1. The summed E-state index contributed by atoms with van der Waals surface area (Å²) in [6.45, 7) is -0.439. The zero-order valence-corrected chi connectivity index (χ0v) is 25.0. The maximum Gasteiger partial charge on any atom is 0.320 e. The highest BCUT2D eigenvalue weighted by Crippen LogP contribution is 2.24. The van der Waals surface area contributed by atoms with Gasteiger partial charge in [-0.25, -0.2) is 8.42 Å². The second-order valence-corrected chi connectivity index (χ2v) is 12.7. The average molecular weight is 627 g/mol. The van der Waals surface area contributed by atoms with Gasteiger partial charge >= 0.3 is 11.9 Å². The molecule has 0 aliphatic rings. The summed E-state index contributed by atoms with van der Waals surface area (Å²) in [7, 11) is -3.89. The zero-order valence-electron chi connectivity index (χ0n) is 22.6. The molecule has 15 heteroatoms. The zero-order chi connectivity index (χ0) is 30.4. The van der Waals surface area contributed by atoms with Crippen LogP contribution in [-0.2, 0) is 29.0 Å². The normalized spacial score (nSPS) is 12.7. The highest BCUT2D eigenvalue weighted by molar-refractivity contribution is 7.98. The predicted molar refractivity (Wildman–Crippen MR) is 160 cm³/mol. The van der Waals surface area contributed by atoms with Crippen LogP contribution in [-0.4, -0.2) is 91.6 Å². The van der Waals surface area contributed by atoms with Gasteiger partial charge in [0, 0.05) is 11.4 Å². The molecule has 41 heavy (non-hydrogen) atoms. The molecule has 0 spiro atoms. The topological polar surface area (TPSA) is 191 Å². The summed E-state index contributed by atoms with van der Waals surface area (Å²) >= 11 is 3.01. The largest absolute Gasteiger partial charge is 0.480 e. The van der Waals surface area contributed by atoms with E-state index in [1.165, 1.54) is 72.1 Å². The minimum Gasteiger partial charge on any atom is -0.480 e. The Balaban J connectivity index is 1.94. The summed E-state index contributed by atoms with van der Waals surface area (Å²) in [6, 6.07) is 9.38. The van der Waals surface area contributed by atoms with Crippen molar-refractivity contribution in [2.45, 2.75) is 34.7 Å². The maximum absolute atomic E-state index is 13.0. The van der Waals surface area contributed by atoms with Crippen molar-refractivity contribution >= 4 is 68.5 Å². The summed E-state index contributed by atoms with van der Waals surface area (Å²) in [6.07, 6.45) is 4.46. The number of thioether (sulfide) groups is 2. The minimum atomic E-state index is -3.89. The van der Waals surface area contributed by atoms with Crippen LogP contribution in [0.15, 0.2) is 58.3 Å². The van der Waals surface area contributed by atoms with Crippen LogP contribution >= 0.6 is 23.5 Å². The predicted octanol–water partition coefficient (Wildman–Crippen LogP) is 1.99. The fourth-order valence-corrected chi connectivity index (χ4v) is 5.71. The van der Waals surface area contributed by atoms with Gasteiger partial charge in [0.15, 0.2) is 0 Å². The smallest absolute Gasteiger partial charge is 0.320 e. The molecule has 2 aromatic rings. The van der Waals surface area contributed by atoms with Crippen molar-refractivity contribution < 1.29 is 37.8 Å². The number of carboxylic acids is 2. The van der Waals surface area contributed by atoms with Gasteiger partial charge in [0.25, 0.3) is 0 Å². The standard InChI is InChI=1S/C26H34N4O8S3/c1-39-13-11-21(25(33)34)27-15-23(31)29-17-3-7-19(8-4-17)41(37,38)20-9-5-18(6-10-20)30-24(32)16-28-22(26(35)36)12-14-40-2/h3-10,21-22,27-28H,11-16H2,1-2H3,(H,29,31)(H,30,32)(H,33,34)(H,35,36)/t21-,22+. The Labute approximate surface area is 247 Å². The lowest BCUT2D eigenvalue weighted by Crippen LogP contribution is -2.41. The van der Waals surface area contributed by atoms with Crippen LogP contribution in [0.2, 0.25) is 0 Å². The second-order valence-electron chi connectivity index (χ2n) is 8.75. The van der Waals surface area contributed by atoms with Crippen molar-refractivity contribution in [3.8, 4) is 0 Å². The molecule has 0 bridgehead atoms. The van der Waals surface area contributed by atoms with Gasteiger partial charge in [0.1, 0.15) is 12.1 Å². The molecule has 0 radical (unpaired) electrons. The number of anilines is 2. The van der Waals surface area contributed by atoms with E-state index >= 15 is 0 Å². The number of hydrogen-bond acceptors (Lipinski definition) is 10. The quantitative estimate of drug-likeness (QED) is 0.141. The van der Waals surface area contributed by atoms with Crippen LogP contribution in [0.25, 0.3) is 0 Å². The van der Waals surface area contributed by atoms with E-state index in [1.54, 1.807) is 0 Å². The van der Waals surface area contributed by atoms with E-state index in [4.69, 9.17) is 0 Å². The fraction of sp³-hybridized carbons (Fsp3) is 0.385. The van der Waals surface area contributed by atoms with Crippen molar-refractivity contribution in [1.29, 1.82) is 0 Å². The van der Waals surface area contributed by atoms with Crippen LogP contribution in [0.4, 0.5) is 11.4 Å². The molecule has 2 amide bonds. The molecule has 12 nitrogen and oxygen atoms in total. The van der Waals surface area contributed by atoms with Gasteiger partial charge in [-0.15, -0.1) is 0 Å². The van der Waals surface area contributed by atoms with E-state index in [0.717, 1.165) is 0 Å². The van der Waals surface area contributed by atoms with Crippen LogP contribution < -0.4 is 21.3 Å². The third-order valence-electron chi connectivity index (χ3n) is 5.73. The van der Waals surface area contributed by atoms with E-state index in [2.05, 4.69) is 21.3 Å². The molecule has 0 saturated carbocycles. The van der Waals surface area contributed by atoms with Crippen molar-refractivity contribution in [2.75, 3.05) is 47.7 Å². The summed E-state index contributed by atoms with van der Waals surface area (Å²) in [4.78, 5) is 47.0. The second kappa shape index (κ2) is 17.0. The van der Waals surface area contributed by atoms with Crippen LogP contribution in [0.5, 0.6) is 0 Å². The number of hydrogen-bond donors (Lipinski definition) is 6. The number of nitrogens with one attached hydrogen (secondary N) is 4. The van der Waals surface area contributed by atoms with Gasteiger partial charge in [-0.1, -0.05) is 0 Å². The Morgan fingerprint density at radius 3 is 1.32 bits per heavy atom. The molecule has 0 aliphatic heterocycles. The van der Waals surface area contributed by atoms with Crippen molar-refractivity contribution in [1.82, 2.24) is 10.6 Å². The maximum atomic E-state index is 13.0. The Bertz CT molecular complexity index is 1200. The van der Waals surface area contributed by atoms with E-state index in [-0.39, 0.29) is 22.9 Å². The number of amides is 2. The third-order valence-corrected chi connectivity index (χ3v) is 8.81. The summed E-state index contributed by atoms with van der Waals surface area (Å²) in [5.74, 6) is -1.77. The summed E-state index contributed by atoms with van der Waals surface area (Å²) < 4.78 is 26.1. The molecular formula is C26H34N4O8S3. The first-order valence-electron chi connectivity index (χ1n) is 12.4. The lowest BCUT2D eigenvalue weighted by atomic mass is 10.2. The highest BCUT2D eigenvalue weighted by Gasteiger charge is 2.20. The highest BCUT2D eigenvalue weighted by atomic mass is 32.2. The molecule has 6 N–H and O–H groups in total. The molecular weight excluding hydrogens is 593 g/mol. The minimum absolute atomic E-state index is 0.0115. The number of benzene rings is 2. The summed E-state index contributed by atoms with van der Waals surface area (Å²) in [5, 5.41) is 29.1. The van der Waals surface area contributed by atoms with E-state index in [9.17, 15) is 37.8 Å². The van der Waals surface area contributed by atoms with Gasteiger partial charge in [-0.2, -0.15) is 23.5 Å². The lowest BCUT2D eigenvalue weighted by Gasteiger charge is -2.14. The Morgan fingerprint density at radius 1 is 0.683 bits per heavy atom. The number of rotatable bonds is 18. The molecule has 2 atom stereocenters. The Hall–Kier alpha value is -3.11. The number of carboxylic acid groups (broad SMARTS) is 2. The number of aliphatic carboxylic acids is 2. The monoisotopic (exact) mass is 626 g/mol. The van der Waals surface area contributed by atoms with Gasteiger partial charge in [-0.05, 0) is 85.4 Å². The van der Waals surface area contributed by atoms with E-state index < -0.39 is 45.7 Å². The first-order chi connectivity index (χ1) is 19.5. The molecule has 0 fully saturated rings. The van der Waals surface area contributed by atoms with Crippen molar-refractivity contribution in [3.05, 3.63) is 48.5 Å².